The summed E-state index contributed by atoms with van der Waals surface area (Å²) in [6.45, 7) is 2.75. The molecule has 0 saturated heterocycles. The van der Waals surface area contributed by atoms with Gasteiger partial charge in [0.05, 0.1) is 13.0 Å². The maximum Gasteiger partial charge on any atom is 0.251 e. The van der Waals surface area contributed by atoms with Gasteiger partial charge in [0, 0.05) is 18.3 Å². The van der Waals surface area contributed by atoms with Crippen molar-refractivity contribution in [2.75, 3.05) is 4.90 Å². The second-order valence-electron chi connectivity index (χ2n) is 8.90. The van der Waals surface area contributed by atoms with Crippen LogP contribution < -0.4 is 10.2 Å². The van der Waals surface area contributed by atoms with E-state index in [1.54, 1.807) is 29.2 Å². The summed E-state index contributed by atoms with van der Waals surface area (Å²) >= 11 is 0. The molecule has 0 aliphatic rings. The summed E-state index contributed by atoms with van der Waals surface area (Å²) in [5.41, 5.74) is 5.44. The number of nitrogens with one attached hydrogen (secondary N) is 1. The van der Waals surface area contributed by atoms with Gasteiger partial charge in [-0.05, 0) is 59.5 Å². The molecule has 0 atom stereocenters. The number of anilines is 1. The van der Waals surface area contributed by atoms with Crippen molar-refractivity contribution in [3.63, 3.8) is 0 Å². The molecule has 4 rings (SSSR count). The molecular formula is C32H29FN2O2. The van der Waals surface area contributed by atoms with Crippen LogP contribution >= 0.6 is 0 Å². The molecule has 4 nitrogen and oxygen atoms in total. The second-order valence-corrected chi connectivity index (χ2v) is 8.90. The number of amides is 2. The molecular weight excluding hydrogens is 463 g/mol. The maximum absolute atomic E-state index is 13.3. The van der Waals surface area contributed by atoms with Crippen LogP contribution in [-0.4, -0.2) is 11.8 Å². The third-order valence-corrected chi connectivity index (χ3v) is 5.94. The summed E-state index contributed by atoms with van der Waals surface area (Å²) in [7, 11) is 0. The summed E-state index contributed by atoms with van der Waals surface area (Å²) in [6, 6.07) is 31.3. The Labute approximate surface area is 217 Å². The zero-order chi connectivity index (χ0) is 26.0. The van der Waals surface area contributed by atoms with Crippen LogP contribution in [0.15, 0.2) is 109 Å². The number of aryl methyl sites for hydroxylation is 1. The molecule has 0 aliphatic heterocycles. The van der Waals surface area contributed by atoms with Gasteiger partial charge < -0.3 is 10.2 Å². The Balaban J connectivity index is 1.50. The van der Waals surface area contributed by atoms with Gasteiger partial charge in [-0.25, -0.2) is 4.39 Å². The number of rotatable bonds is 9. The lowest BCUT2D eigenvalue weighted by Crippen LogP contribution is -2.29. The highest BCUT2D eigenvalue weighted by atomic mass is 19.1. The van der Waals surface area contributed by atoms with Gasteiger partial charge in [0.1, 0.15) is 5.82 Å². The number of hydrogen-bond donors (Lipinski definition) is 1. The van der Waals surface area contributed by atoms with E-state index in [4.69, 9.17) is 0 Å². The molecule has 0 spiro atoms. The Bertz CT molecular complexity index is 1360. The molecule has 0 radical (unpaired) electrons. The zero-order valence-electron chi connectivity index (χ0n) is 20.7. The SMILES string of the molecule is Cc1ccc(CN(C(=O)/C=C/c2ccccc2)c2cccc(CC(=O)NCc3ccc(F)cc3)c2)cc1. The monoisotopic (exact) mass is 492 g/mol. The topological polar surface area (TPSA) is 49.4 Å². The first-order valence-corrected chi connectivity index (χ1v) is 12.2. The van der Waals surface area contributed by atoms with Gasteiger partial charge in [-0.1, -0.05) is 84.4 Å². The normalized spacial score (nSPS) is 10.9. The third kappa shape index (κ3) is 7.74. The Hall–Kier alpha value is -4.51. The molecule has 0 unspecified atom stereocenters. The molecule has 0 aromatic heterocycles. The number of carbonyl (C=O) groups excluding carboxylic acids is 2. The molecule has 2 amide bonds. The molecule has 1 N–H and O–H groups in total. The summed E-state index contributed by atoms with van der Waals surface area (Å²) < 4.78 is 13.1. The fourth-order valence-electron chi connectivity index (χ4n) is 3.88. The second kappa shape index (κ2) is 12.5. The van der Waals surface area contributed by atoms with Crippen LogP contribution in [-0.2, 0) is 29.1 Å². The molecule has 0 bridgehead atoms. The van der Waals surface area contributed by atoms with E-state index in [0.29, 0.717) is 18.8 Å². The van der Waals surface area contributed by atoms with E-state index in [9.17, 15) is 14.0 Å². The Morgan fingerprint density at radius 1 is 0.811 bits per heavy atom. The molecule has 0 saturated carbocycles. The number of benzene rings is 4. The van der Waals surface area contributed by atoms with Gasteiger partial charge in [-0.15, -0.1) is 0 Å². The van der Waals surface area contributed by atoms with Gasteiger partial charge in [0.25, 0.3) is 5.91 Å². The fraction of sp³-hybridized carbons (Fsp3) is 0.125. The highest BCUT2D eigenvalue weighted by molar-refractivity contribution is 6.03. The Morgan fingerprint density at radius 3 is 2.24 bits per heavy atom. The maximum atomic E-state index is 13.3. The average Bonchev–Trinajstić information content (AvgIpc) is 2.92. The van der Waals surface area contributed by atoms with Gasteiger partial charge in [-0.3, -0.25) is 9.59 Å². The van der Waals surface area contributed by atoms with Crippen LogP contribution in [0.2, 0.25) is 0 Å². The number of halogens is 1. The van der Waals surface area contributed by atoms with Gasteiger partial charge >= 0.3 is 0 Å². The molecule has 5 heteroatoms. The molecule has 37 heavy (non-hydrogen) atoms. The average molecular weight is 493 g/mol. The fourth-order valence-corrected chi connectivity index (χ4v) is 3.88. The van der Waals surface area contributed by atoms with E-state index >= 15 is 0 Å². The molecule has 0 fully saturated rings. The van der Waals surface area contributed by atoms with Crippen molar-refractivity contribution in [1.82, 2.24) is 5.32 Å². The molecule has 0 heterocycles. The van der Waals surface area contributed by atoms with Crippen LogP contribution in [0.3, 0.4) is 0 Å². The van der Waals surface area contributed by atoms with E-state index in [1.807, 2.05) is 85.8 Å². The number of carbonyl (C=O) groups is 2. The Morgan fingerprint density at radius 2 is 1.51 bits per heavy atom. The van der Waals surface area contributed by atoms with E-state index < -0.39 is 0 Å². The van der Waals surface area contributed by atoms with Gasteiger partial charge in [0.15, 0.2) is 0 Å². The van der Waals surface area contributed by atoms with Gasteiger partial charge in [-0.2, -0.15) is 0 Å². The highest BCUT2D eigenvalue weighted by Crippen LogP contribution is 2.21. The highest BCUT2D eigenvalue weighted by Gasteiger charge is 2.15. The predicted molar refractivity (Wildman–Crippen MR) is 146 cm³/mol. The minimum absolute atomic E-state index is 0.151. The van der Waals surface area contributed by atoms with Crippen LogP contribution in [0.5, 0.6) is 0 Å². The largest absolute Gasteiger partial charge is 0.352 e. The van der Waals surface area contributed by atoms with Crippen molar-refractivity contribution in [3.05, 3.63) is 143 Å². The predicted octanol–water partition coefficient (Wildman–Crippen LogP) is 6.24. The van der Waals surface area contributed by atoms with Crippen LogP contribution in [0.1, 0.15) is 27.8 Å². The molecule has 4 aromatic rings. The smallest absolute Gasteiger partial charge is 0.251 e. The third-order valence-electron chi connectivity index (χ3n) is 5.94. The van der Waals surface area contributed by atoms with Crippen molar-refractivity contribution in [1.29, 1.82) is 0 Å². The lowest BCUT2D eigenvalue weighted by atomic mass is 10.1. The van der Waals surface area contributed by atoms with Crippen molar-refractivity contribution in [2.45, 2.75) is 26.4 Å². The number of hydrogen-bond acceptors (Lipinski definition) is 2. The number of nitrogens with zero attached hydrogens (tertiary/aromatic N) is 1. The van der Waals surface area contributed by atoms with Crippen molar-refractivity contribution < 1.29 is 14.0 Å². The van der Waals surface area contributed by atoms with E-state index in [1.165, 1.54) is 12.1 Å². The standard InChI is InChI=1S/C32H29FN2O2/c1-24-10-12-27(13-11-24)23-35(32(37)19-16-25-6-3-2-4-7-25)30-9-5-8-28(20-30)21-31(36)34-22-26-14-17-29(33)18-15-26/h2-20H,21-23H2,1H3,(H,34,36)/b19-16+. The lowest BCUT2D eigenvalue weighted by Gasteiger charge is -2.22. The summed E-state index contributed by atoms with van der Waals surface area (Å²) in [5, 5.41) is 2.87. The first kappa shape index (κ1) is 25.6. The van der Waals surface area contributed by atoms with Crippen molar-refractivity contribution >= 4 is 23.6 Å². The molecule has 0 aliphatic carbocycles. The first-order valence-electron chi connectivity index (χ1n) is 12.2. The molecule has 4 aromatic carbocycles. The Kier molecular flexibility index (Phi) is 8.61. The quantitative estimate of drug-likeness (QED) is 0.281. The zero-order valence-corrected chi connectivity index (χ0v) is 20.7. The summed E-state index contributed by atoms with van der Waals surface area (Å²) in [5.74, 6) is -0.612. The first-order chi connectivity index (χ1) is 18.0. The minimum atomic E-state index is -0.310. The van der Waals surface area contributed by atoms with Gasteiger partial charge in [0.2, 0.25) is 5.91 Å². The van der Waals surface area contributed by atoms with Crippen LogP contribution in [0.4, 0.5) is 10.1 Å². The van der Waals surface area contributed by atoms with Crippen LogP contribution in [0, 0.1) is 12.7 Å². The van der Waals surface area contributed by atoms with E-state index in [2.05, 4.69) is 5.32 Å². The van der Waals surface area contributed by atoms with E-state index in [-0.39, 0.29) is 24.1 Å². The van der Waals surface area contributed by atoms with E-state index in [0.717, 1.165) is 27.8 Å². The lowest BCUT2D eigenvalue weighted by molar-refractivity contribution is -0.120. The summed E-state index contributed by atoms with van der Waals surface area (Å²) in [6.07, 6.45) is 3.55. The van der Waals surface area contributed by atoms with Crippen molar-refractivity contribution in [3.8, 4) is 0 Å². The van der Waals surface area contributed by atoms with Crippen LogP contribution in [0.25, 0.3) is 6.08 Å². The summed E-state index contributed by atoms with van der Waals surface area (Å²) in [4.78, 5) is 27.6. The molecule has 186 valence electrons. The van der Waals surface area contributed by atoms with Crippen molar-refractivity contribution in [2.24, 2.45) is 0 Å². The minimum Gasteiger partial charge on any atom is -0.352 e.